The molecule has 1 spiro atoms. The summed E-state index contributed by atoms with van der Waals surface area (Å²) in [6.45, 7) is 0. The molecule has 1 aliphatic heterocycles. The van der Waals surface area contributed by atoms with Crippen molar-refractivity contribution in [3.05, 3.63) is 281 Å². The Balaban J connectivity index is 1.09. The summed E-state index contributed by atoms with van der Waals surface area (Å²) in [6, 6.07) is 89.2. The zero-order valence-corrected chi connectivity index (χ0v) is 36.9. The summed E-state index contributed by atoms with van der Waals surface area (Å²) in [5.74, 6) is 0. The highest BCUT2D eigenvalue weighted by Gasteiger charge is 2.51. The summed E-state index contributed by atoms with van der Waals surface area (Å²) in [4.78, 5) is 5.16. The number of fused-ring (bicyclic) bond motifs is 15. The number of hydrogen-bond acceptors (Lipinski definition) is 3. The molecule has 2 heterocycles. The van der Waals surface area contributed by atoms with E-state index in [1.54, 1.807) is 0 Å². The highest BCUT2D eigenvalue weighted by Crippen LogP contribution is 2.64. The van der Waals surface area contributed by atoms with Gasteiger partial charge in [0.2, 0.25) is 0 Å². The van der Waals surface area contributed by atoms with Gasteiger partial charge in [-0.05, 0) is 115 Å². The van der Waals surface area contributed by atoms with Crippen LogP contribution in [0.3, 0.4) is 0 Å². The van der Waals surface area contributed by atoms with Crippen LogP contribution in [0.25, 0.3) is 42.4 Å². The standard InChI is InChI=1S/C62H39NS2/c1-2-18-40(19-3-1)61(49-25-9-4-20-43(49)44-21-5-10-26-50(44)61)53-29-13-15-31-56(53)63(42-34-36-48-47-24-8-16-32-57(47)64-60(48)39-42)41-35-37-59-55(38-41)62(54-30-14-17-33-58(54)65-59)51-27-11-6-22-45(51)46-23-7-12-28-52(46)62/h1-39H. The van der Waals surface area contributed by atoms with E-state index in [9.17, 15) is 0 Å². The van der Waals surface area contributed by atoms with E-state index in [1.807, 2.05) is 23.1 Å². The number of rotatable bonds is 5. The Hall–Kier alpha value is -7.43. The van der Waals surface area contributed by atoms with E-state index in [-0.39, 0.29) is 0 Å². The average molecular weight is 862 g/mol. The zero-order valence-electron chi connectivity index (χ0n) is 35.3. The van der Waals surface area contributed by atoms with Crippen LogP contribution in [0.15, 0.2) is 246 Å². The predicted octanol–water partition coefficient (Wildman–Crippen LogP) is 16.7. The molecule has 10 aromatic carbocycles. The van der Waals surface area contributed by atoms with Gasteiger partial charge in [-0.15, -0.1) is 11.3 Å². The smallest absolute Gasteiger partial charge is 0.0736 e. The van der Waals surface area contributed by atoms with Gasteiger partial charge >= 0.3 is 0 Å². The summed E-state index contributed by atoms with van der Waals surface area (Å²) in [5.41, 5.74) is 17.9. The number of anilines is 3. The van der Waals surface area contributed by atoms with Crippen molar-refractivity contribution in [2.75, 3.05) is 4.90 Å². The van der Waals surface area contributed by atoms with E-state index in [2.05, 4.69) is 241 Å². The van der Waals surface area contributed by atoms with Gasteiger partial charge in [-0.2, -0.15) is 0 Å². The normalized spacial score (nSPS) is 14.3. The third-order valence-electron chi connectivity index (χ3n) is 14.4. The van der Waals surface area contributed by atoms with E-state index < -0.39 is 10.8 Å². The number of nitrogens with zero attached hydrogens (tertiary/aromatic N) is 1. The Morgan fingerprint density at radius 1 is 0.308 bits per heavy atom. The van der Waals surface area contributed by atoms with Gasteiger partial charge in [0, 0.05) is 41.3 Å². The van der Waals surface area contributed by atoms with Gasteiger partial charge in [0.15, 0.2) is 0 Å². The van der Waals surface area contributed by atoms with Crippen LogP contribution in [0.5, 0.6) is 0 Å². The van der Waals surface area contributed by atoms with Crippen LogP contribution < -0.4 is 4.90 Å². The first-order valence-corrected chi connectivity index (χ1v) is 24.0. The molecule has 14 rings (SSSR count). The van der Waals surface area contributed by atoms with Crippen LogP contribution in [0.1, 0.15) is 44.5 Å². The van der Waals surface area contributed by atoms with E-state index >= 15 is 0 Å². The molecule has 0 saturated carbocycles. The number of hydrogen-bond donors (Lipinski definition) is 0. The first kappa shape index (κ1) is 37.0. The summed E-state index contributed by atoms with van der Waals surface area (Å²) in [5, 5.41) is 2.59. The third-order valence-corrected chi connectivity index (χ3v) is 16.7. The summed E-state index contributed by atoms with van der Waals surface area (Å²) in [7, 11) is 0. The van der Waals surface area contributed by atoms with Crippen LogP contribution in [0.4, 0.5) is 17.1 Å². The number of para-hydroxylation sites is 1. The first-order chi connectivity index (χ1) is 32.2. The molecule has 0 unspecified atom stereocenters. The average Bonchev–Trinajstić information content (AvgIpc) is 4.00. The third kappa shape index (κ3) is 5.00. The molecule has 0 N–H and O–H groups in total. The van der Waals surface area contributed by atoms with Crippen LogP contribution in [0, 0.1) is 0 Å². The quantitative estimate of drug-likeness (QED) is 0.170. The summed E-state index contributed by atoms with van der Waals surface area (Å²) < 4.78 is 2.58. The Labute approximate surface area is 386 Å². The molecule has 0 saturated heterocycles. The lowest BCUT2D eigenvalue weighted by Gasteiger charge is -2.41. The predicted molar refractivity (Wildman–Crippen MR) is 273 cm³/mol. The minimum absolute atomic E-state index is 0.504. The minimum Gasteiger partial charge on any atom is -0.310 e. The lowest BCUT2D eigenvalue weighted by molar-refractivity contribution is 0.722. The summed E-state index contributed by atoms with van der Waals surface area (Å²) >= 11 is 3.77. The van der Waals surface area contributed by atoms with Gasteiger partial charge in [-0.25, -0.2) is 0 Å². The van der Waals surface area contributed by atoms with E-state index in [0.29, 0.717) is 0 Å². The van der Waals surface area contributed by atoms with Crippen molar-refractivity contribution < 1.29 is 0 Å². The minimum atomic E-state index is -0.599. The van der Waals surface area contributed by atoms with Crippen molar-refractivity contribution in [1.82, 2.24) is 0 Å². The fourth-order valence-electron chi connectivity index (χ4n) is 11.9. The topological polar surface area (TPSA) is 3.24 Å². The van der Waals surface area contributed by atoms with Gasteiger partial charge in [-0.3, -0.25) is 0 Å². The van der Waals surface area contributed by atoms with Crippen molar-refractivity contribution in [1.29, 1.82) is 0 Å². The van der Waals surface area contributed by atoms with Gasteiger partial charge in [0.1, 0.15) is 0 Å². The lowest BCUT2D eigenvalue weighted by atomic mass is 9.66. The molecule has 0 atom stereocenters. The number of benzene rings is 10. The Bertz CT molecular complexity index is 3640. The molecule has 11 aromatic rings. The zero-order chi connectivity index (χ0) is 42.7. The monoisotopic (exact) mass is 861 g/mol. The largest absolute Gasteiger partial charge is 0.310 e. The fraction of sp³-hybridized carbons (Fsp3) is 0.0323. The van der Waals surface area contributed by atoms with E-state index in [0.717, 1.165) is 17.1 Å². The number of thiophene rings is 1. The van der Waals surface area contributed by atoms with Gasteiger partial charge < -0.3 is 4.90 Å². The SMILES string of the molecule is c1ccc(C2(c3ccccc3N(c3ccc4c(c3)C3(c5ccccc5S4)c4ccccc4-c4ccccc43)c3ccc4c(c3)sc3ccccc34)c3ccccc3-c3ccccc32)cc1. The Morgan fingerprint density at radius 3 is 1.46 bits per heavy atom. The molecule has 0 bridgehead atoms. The van der Waals surface area contributed by atoms with Crippen molar-refractivity contribution in [3.63, 3.8) is 0 Å². The highest BCUT2D eigenvalue weighted by molar-refractivity contribution is 7.99. The first-order valence-electron chi connectivity index (χ1n) is 22.4. The van der Waals surface area contributed by atoms with Crippen LogP contribution in [-0.2, 0) is 10.8 Å². The molecule has 0 fully saturated rings. The molecule has 1 aromatic heterocycles. The molecule has 0 amide bonds. The van der Waals surface area contributed by atoms with E-state index in [1.165, 1.54) is 96.7 Å². The molecule has 3 aliphatic rings. The van der Waals surface area contributed by atoms with E-state index in [4.69, 9.17) is 0 Å². The molecular weight excluding hydrogens is 823 g/mol. The van der Waals surface area contributed by atoms with Gasteiger partial charge in [0.25, 0.3) is 0 Å². The van der Waals surface area contributed by atoms with Crippen molar-refractivity contribution >= 4 is 60.3 Å². The maximum absolute atomic E-state index is 2.57. The highest BCUT2D eigenvalue weighted by atomic mass is 32.2. The molecule has 65 heavy (non-hydrogen) atoms. The maximum Gasteiger partial charge on any atom is 0.0736 e. The molecule has 3 heteroatoms. The molecule has 304 valence electrons. The molecule has 0 radical (unpaired) electrons. The van der Waals surface area contributed by atoms with Crippen molar-refractivity contribution in [3.8, 4) is 22.3 Å². The van der Waals surface area contributed by atoms with Crippen LogP contribution in [-0.4, -0.2) is 0 Å². The van der Waals surface area contributed by atoms with Crippen LogP contribution >= 0.6 is 23.1 Å². The van der Waals surface area contributed by atoms with Gasteiger partial charge in [-0.1, -0.05) is 200 Å². The molecule has 1 nitrogen and oxygen atoms in total. The van der Waals surface area contributed by atoms with Crippen molar-refractivity contribution in [2.24, 2.45) is 0 Å². The maximum atomic E-state index is 2.57. The Morgan fingerprint density at radius 2 is 0.785 bits per heavy atom. The molecular formula is C62H39NS2. The van der Waals surface area contributed by atoms with Gasteiger partial charge in [0.05, 0.1) is 16.5 Å². The fourth-order valence-corrected chi connectivity index (χ4v) is 14.2. The second kappa shape index (κ2) is 14.0. The Kier molecular flexibility index (Phi) is 7.99. The lowest BCUT2D eigenvalue weighted by Crippen LogP contribution is -2.32. The molecule has 2 aliphatic carbocycles. The van der Waals surface area contributed by atoms with Crippen molar-refractivity contribution in [2.45, 2.75) is 20.6 Å². The second-order valence-corrected chi connectivity index (χ2v) is 19.6. The summed E-state index contributed by atoms with van der Waals surface area (Å²) in [6.07, 6.45) is 0. The second-order valence-electron chi connectivity index (χ2n) is 17.5. The van der Waals surface area contributed by atoms with Crippen LogP contribution in [0.2, 0.25) is 0 Å².